The van der Waals surface area contributed by atoms with Gasteiger partial charge in [0.05, 0.1) is 0 Å². The van der Waals surface area contributed by atoms with Gasteiger partial charge >= 0.3 is 11.9 Å². The summed E-state index contributed by atoms with van der Waals surface area (Å²) in [5.41, 5.74) is 4.04. The highest BCUT2D eigenvalue weighted by atomic mass is 16.7. The topological polar surface area (TPSA) is 52.6 Å². The number of carbonyl (C=O) groups excluding carboxylic acids is 2. The lowest BCUT2D eigenvalue weighted by Crippen LogP contribution is -2.25. The molecule has 0 spiro atoms. The second-order valence-corrected chi connectivity index (χ2v) is 7.48. The number of hydrogen-bond acceptors (Lipinski definition) is 4. The van der Waals surface area contributed by atoms with Gasteiger partial charge < -0.3 is 9.47 Å². The van der Waals surface area contributed by atoms with Gasteiger partial charge in [-0.15, -0.1) is 0 Å². The molecule has 0 aliphatic carbocycles. The fourth-order valence-corrected chi connectivity index (χ4v) is 3.26. The highest BCUT2D eigenvalue weighted by molar-refractivity contribution is 5.69. The number of rotatable bonds is 11. The minimum atomic E-state index is -1.05. The molecule has 0 atom stereocenters. The van der Waals surface area contributed by atoms with E-state index in [1.165, 1.54) is 45.1 Å². The molecule has 0 N–H and O–H groups in total. The summed E-state index contributed by atoms with van der Waals surface area (Å²) in [6.07, 6.45) is 7.43. The van der Waals surface area contributed by atoms with Crippen molar-refractivity contribution in [2.45, 2.75) is 65.6 Å². The van der Waals surface area contributed by atoms with Crippen molar-refractivity contribution in [3.63, 3.8) is 0 Å². The van der Waals surface area contributed by atoms with Crippen LogP contribution >= 0.6 is 0 Å². The number of carbonyl (C=O) groups is 2. The average Bonchev–Trinajstić information content (AvgIpc) is 2.71. The molecule has 2 aromatic rings. The maximum absolute atomic E-state index is 11.6. The van der Waals surface area contributed by atoms with Crippen molar-refractivity contribution in [3.05, 3.63) is 76.9 Å². The monoisotopic (exact) mass is 408 g/mol. The van der Waals surface area contributed by atoms with Crippen molar-refractivity contribution in [2.24, 2.45) is 0 Å². The molecule has 160 valence electrons. The van der Waals surface area contributed by atoms with E-state index in [0.717, 1.165) is 17.5 Å². The number of aryl methyl sites for hydroxylation is 1. The smallest absolute Gasteiger partial charge is 0.305 e. The predicted molar refractivity (Wildman–Crippen MR) is 120 cm³/mol. The van der Waals surface area contributed by atoms with Crippen molar-refractivity contribution in [1.29, 1.82) is 0 Å². The van der Waals surface area contributed by atoms with Gasteiger partial charge in [0, 0.05) is 25.8 Å². The summed E-state index contributed by atoms with van der Waals surface area (Å²) < 4.78 is 10.6. The molecule has 0 saturated carbocycles. The Kier molecular flexibility index (Phi) is 9.85. The van der Waals surface area contributed by atoms with E-state index in [4.69, 9.17) is 9.47 Å². The first-order chi connectivity index (χ1) is 14.5. The Morgan fingerprint density at radius 1 is 0.833 bits per heavy atom. The first-order valence-electron chi connectivity index (χ1n) is 10.7. The largest absolute Gasteiger partial charge is 0.421 e. The van der Waals surface area contributed by atoms with Gasteiger partial charge in [-0.3, -0.25) is 9.59 Å². The molecule has 30 heavy (non-hydrogen) atoms. The Morgan fingerprint density at radius 2 is 1.47 bits per heavy atom. The van der Waals surface area contributed by atoms with Gasteiger partial charge in [0.1, 0.15) is 0 Å². The maximum Gasteiger partial charge on any atom is 0.305 e. The number of ether oxygens (including phenoxy) is 2. The summed E-state index contributed by atoms with van der Waals surface area (Å²) in [5, 5.41) is 0. The van der Waals surface area contributed by atoms with Crippen molar-refractivity contribution in [2.75, 3.05) is 0 Å². The van der Waals surface area contributed by atoms with Crippen LogP contribution in [0.2, 0.25) is 0 Å². The van der Waals surface area contributed by atoms with Crippen LogP contribution in [-0.4, -0.2) is 18.2 Å². The molecule has 0 aliphatic heterocycles. The first-order valence-corrected chi connectivity index (χ1v) is 10.7. The second kappa shape index (κ2) is 12.6. The van der Waals surface area contributed by atoms with Gasteiger partial charge in [0.15, 0.2) is 0 Å². The van der Waals surface area contributed by atoms with E-state index < -0.39 is 18.2 Å². The van der Waals surface area contributed by atoms with Gasteiger partial charge in [-0.05, 0) is 35.6 Å². The number of benzene rings is 2. The Bertz CT molecular complexity index is 806. The van der Waals surface area contributed by atoms with Crippen LogP contribution in [-0.2, 0) is 31.9 Å². The minimum absolute atomic E-state index is 0.498. The molecule has 0 heterocycles. The number of unbranched alkanes of at least 4 members (excludes halogenated alkanes) is 3. The summed E-state index contributed by atoms with van der Waals surface area (Å²) in [6, 6.07) is 18.2. The molecule has 0 saturated heterocycles. The van der Waals surface area contributed by atoms with Crippen molar-refractivity contribution in [3.8, 4) is 0 Å². The van der Waals surface area contributed by atoms with E-state index in [0.29, 0.717) is 12.0 Å². The molecule has 0 fully saturated rings. The average molecular weight is 409 g/mol. The third-order valence-electron chi connectivity index (χ3n) is 4.75. The van der Waals surface area contributed by atoms with Gasteiger partial charge in [-0.25, -0.2) is 0 Å². The second-order valence-electron chi connectivity index (χ2n) is 7.48. The van der Waals surface area contributed by atoms with E-state index in [1.807, 2.05) is 36.4 Å². The van der Waals surface area contributed by atoms with Crippen LogP contribution < -0.4 is 0 Å². The van der Waals surface area contributed by atoms with E-state index in [2.05, 4.69) is 31.2 Å². The Hall–Kier alpha value is -2.88. The van der Waals surface area contributed by atoms with E-state index in [1.54, 1.807) is 0 Å². The lowest BCUT2D eigenvalue weighted by atomic mass is 10.00. The van der Waals surface area contributed by atoms with E-state index in [-0.39, 0.29) is 0 Å². The van der Waals surface area contributed by atoms with Gasteiger partial charge in [-0.1, -0.05) is 80.8 Å². The molecular weight excluding hydrogens is 376 g/mol. The molecule has 4 nitrogen and oxygen atoms in total. The predicted octanol–water partition coefficient (Wildman–Crippen LogP) is 5.89. The summed E-state index contributed by atoms with van der Waals surface area (Å²) >= 11 is 0. The van der Waals surface area contributed by atoms with Crippen LogP contribution in [0.15, 0.2) is 60.2 Å². The summed E-state index contributed by atoms with van der Waals surface area (Å²) in [7, 11) is 0. The fourth-order valence-electron chi connectivity index (χ4n) is 3.26. The first kappa shape index (κ1) is 23.4. The van der Waals surface area contributed by atoms with Gasteiger partial charge in [0.2, 0.25) is 0 Å². The molecule has 0 aliphatic rings. The van der Waals surface area contributed by atoms with Crippen LogP contribution in [0.4, 0.5) is 0 Å². The van der Waals surface area contributed by atoms with Crippen LogP contribution in [0.5, 0.6) is 0 Å². The lowest BCUT2D eigenvalue weighted by molar-refractivity contribution is -0.178. The zero-order valence-electron chi connectivity index (χ0n) is 18.2. The molecule has 4 heteroatoms. The lowest BCUT2D eigenvalue weighted by Gasteiger charge is -2.20. The fraction of sp³-hybridized carbons (Fsp3) is 0.385. The molecule has 0 bridgehead atoms. The maximum atomic E-state index is 11.6. The van der Waals surface area contributed by atoms with Crippen molar-refractivity contribution >= 4 is 18.0 Å². The molecule has 0 amide bonds. The minimum Gasteiger partial charge on any atom is -0.421 e. The number of esters is 2. The van der Waals surface area contributed by atoms with Gasteiger partial charge in [0.25, 0.3) is 6.29 Å². The zero-order chi connectivity index (χ0) is 21.8. The Morgan fingerprint density at radius 3 is 2.03 bits per heavy atom. The third kappa shape index (κ3) is 8.64. The summed E-state index contributed by atoms with van der Waals surface area (Å²) in [5.74, 6) is -0.995. The Labute approximate surface area is 179 Å². The molecule has 2 aromatic carbocycles. The van der Waals surface area contributed by atoms with Crippen LogP contribution in [0.25, 0.3) is 6.08 Å². The normalized spacial score (nSPS) is 11.4. The summed E-state index contributed by atoms with van der Waals surface area (Å²) in [6.45, 7) is 4.83. The molecule has 0 unspecified atom stereocenters. The Balaban J connectivity index is 2.24. The molecule has 2 rings (SSSR count). The highest BCUT2D eigenvalue weighted by Gasteiger charge is 2.21. The van der Waals surface area contributed by atoms with Crippen LogP contribution in [0, 0.1) is 0 Å². The van der Waals surface area contributed by atoms with E-state index >= 15 is 0 Å². The SMILES string of the molecule is CCCCCCc1ccc(/C=C(\Cc2ccccc2)C(OC(C)=O)OC(C)=O)cc1. The zero-order valence-corrected chi connectivity index (χ0v) is 18.2. The standard InChI is InChI=1S/C26H32O4/c1-4-5-6-8-11-22-14-16-24(17-15-22)19-25(18-23-12-9-7-10-13-23)26(29-20(2)27)30-21(3)28/h7,9-10,12-17,19,26H,4-6,8,11,18H2,1-3H3/b25-19+. The quantitative estimate of drug-likeness (QED) is 0.264. The number of hydrogen-bond donors (Lipinski definition) is 0. The van der Waals surface area contributed by atoms with Crippen LogP contribution in [0.3, 0.4) is 0 Å². The van der Waals surface area contributed by atoms with Crippen molar-refractivity contribution in [1.82, 2.24) is 0 Å². The molecule has 0 radical (unpaired) electrons. The molecular formula is C26H32O4. The van der Waals surface area contributed by atoms with Crippen LogP contribution in [0.1, 0.15) is 63.1 Å². The molecule has 0 aromatic heterocycles. The van der Waals surface area contributed by atoms with Crippen molar-refractivity contribution < 1.29 is 19.1 Å². The van der Waals surface area contributed by atoms with E-state index in [9.17, 15) is 9.59 Å². The highest BCUT2D eigenvalue weighted by Crippen LogP contribution is 2.21. The summed E-state index contributed by atoms with van der Waals surface area (Å²) in [4.78, 5) is 23.2. The van der Waals surface area contributed by atoms with Gasteiger partial charge in [-0.2, -0.15) is 0 Å². The third-order valence-corrected chi connectivity index (χ3v) is 4.75.